The van der Waals surface area contributed by atoms with Crippen LogP contribution in [-0.4, -0.2) is 31.8 Å². The highest BCUT2D eigenvalue weighted by Crippen LogP contribution is 3.02. The Labute approximate surface area is 140 Å². The zero-order valence-electron chi connectivity index (χ0n) is 13.0. The lowest BCUT2D eigenvalue weighted by Gasteiger charge is -2.40. The predicted octanol–water partition coefficient (Wildman–Crippen LogP) is 4.39. The number of benzene rings is 1. The van der Waals surface area contributed by atoms with E-state index in [1.54, 1.807) is 0 Å². The lowest BCUT2D eigenvalue weighted by atomic mass is 10.3. The number of rotatable bonds is 8. The maximum atomic E-state index is 12.5. The van der Waals surface area contributed by atoms with E-state index < -0.39 is 33.7 Å². The first-order chi connectivity index (χ1) is 11.2. The first kappa shape index (κ1) is 20.7. The van der Waals surface area contributed by atoms with Crippen LogP contribution in [0.25, 0.3) is 0 Å². The van der Waals surface area contributed by atoms with Crippen LogP contribution in [0.5, 0.6) is 5.75 Å². The summed E-state index contributed by atoms with van der Waals surface area (Å²) in [6.07, 6.45) is 0. The minimum atomic E-state index is -9.74. The Morgan fingerprint density at radius 3 is 2.00 bits per heavy atom. The van der Waals surface area contributed by atoms with Crippen LogP contribution in [0.4, 0.5) is 19.4 Å². The highest BCUT2D eigenvalue weighted by atomic mass is 32.5. The smallest absolute Gasteiger partial charge is 0.344 e. The predicted molar refractivity (Wildman–Crippen MR) is 80.1 cm³/mol. The Balaban J connectivity index is 2.42. The van der Waals surface area contributed by atoms with E-state index in [1.807, 2.05) is 0 Å². The zero-order valence-corrected chi connectivity index (χ0v) is 13.8. The highest BCUT2D eigenvalue weighted by molar-refractivity contribution is 8.45. The van der Waals surface area contributed by atoms with Crippen LogP contribution in [-0.2, 0) is 19.1 Å². The Morgan fingerprint density at radius 2 is 1.52 bits per heavy atom. The molecule has 25 heavy (non-hydrogen) atoms. The van der Waals surface area contributed by atoms with Crippen LogP contribution < -0.4 is 4.74 Å². The largest absolute Gasteiger partial charge is 0.482 e. The van der Waals surface area contributed by atoms with Crippen molar-refractivity contribution in [1.82, 2.24) is 0 Å². The van der Waals surface area contributed by atoms with Gasteiger partial charge in [0.15, 0.2) is 6.61 Å². The third-order valence-electron chi connectivity index (χ3n) is 2.55. The minimum Gasteiger partial charge on any atom is -0.482 e. The van der Waals surface area contributed by atoms with Crippen LogP contribution in [0.2, 0.25) is 0 Å². The van der Waals surface area contributed by atoms with Gasteiger partial charge < -0.3 is 14.2 Å². The van der Waals surface area contributed by atoms with E-state index in [-0.39, 0.29) is 36.7 Å². The molecule has 0 radical (unpaired) electrons. The molecular formula is C14H15F5O5S. The molecule has 0 aliphatic heterocycles. The van der Waals surface area contributed by atoms with E-state index in [0.717, 1.165) is 0 Å². The zero-order chi connectivity index (χ0) is 19.4. The molecule has 0 fully saturated rings. The lowest BCUT2D eigenvalue weighted by Crippen LogP contribution is -2.19. The molecule has 11 heteroatoms. The normalized spacial score (nSPS) is 14.0. The van der Waals surface area contributed by atoms with E-state index in [0.29, 0.717) is 12.1 Å². The summed E-state index contributed by atoms with van der Waals surface area (Å²) >= 11 is 0. The summed E-state index contributed by atoms with van der Waals surface area (Å²) in [4.78, 5) is 20.3. The number of esters is 2. The summed E-state index contributed by atoms with van der Waals surface area (Å²) in [5, 5.41) is 0. The molecule has 0 saturated heterocycles. The third-order valence-corrected chi connectivity index (χ3v) is 3.72. The summed E-state index contributed by atoms with van der Waals surface area (Å²) in [6.45, 7) is 3.64. The summed E-state index contributed by atoms with van der Waals surface area (Å²) in [5.41, 5.74) is 0.171. The summed E-state index contributed by atoms with van der Waals surface area (Å²) in [5.74, 6) is -1.77. The molecule has 142 valence electrons. The molecule has 1 rings (SSSR count). The van der Waals surface area contributed by atoms with Gasteiger partial charge >= 0.3 is 22.2 Å². The molecule has 5 nitrogen and oxygen atoms in total. The van der Waals surface area contributed by atoms with E-state index in [4.69, 9.17) is 4.74 Å². The molecule has 0 amide bonds. The molecule has 0 unspecified atom stereocenters. The average Bonchev–Trinajstić information content (AvgIpc) is 2.47. The van der Waals surface area contributed by atoms with E-state index in [9.17, 15) is 29.0 Å². The van der Waals surface area contributed by atoms with E-state index in [2.05, 4.69) is 16.1 Å². The van der Waals surface area contributed by atoms with Gasteiger partial charge in [0.05, 0.1) is 0 Å². The van der Waals surface area contributed by atoms with E-state index in [1.165, 1.54) is 6.92 Å². The highest BCUT2D eigenvalue weighted by Gasteiger charge is 2.65. The molecule has 0 aromatic heterocycles. The van der Waals surface area contributed by atoms with Crippen LogP contribution in [0.15, 0.2) is 41.3 Å². The fourth-order valence-corrected chi connectivity index (χ4v) is 2.04. The van der Waals surface area contributed by atoms with Crippen molar-refractivity contribution in [1.29, 1.82) is 0 Å². The topological polar surface area (TPSA) is 61.8 Å². The van der Waals surface area contributed by atoms with Crippen molar-refractivity contribution < 1.29 is 43.2 Å². The first-order valence-electron chi connectivity index (χ1n) is 6.64. The van der Waals surface area contributed by atoms with Crippen LogP contribution in [0.3, 0.4) is 0 Å². The van der Waals surface area contributed by atoms with Gasteiger partial charge in [0.2, 0.25) is 0 Å². The van der Waals surface area contributed by atoms with Gasteiger partial charge in [0, 0.05) is 5.57 Å². The van der Waals surface area contributed by atoms with Crippen LogP contribution in [0.1, 0.15) is 6.92 Å². The molecule has 0 atom stereocenters. The van der Waals surface area contributed by atoms with Crippen molar-refractivity contribution in [3.63, 3.8) is 0 Å². The van der Waals surface area contributed by atoms with Crippen molar-refractivity contribution in [2.75, 3.05) is 19.8 Å². The van der Waals surface area contributed by atoms with Crippen molar-refractivity contribution in [3.8, 4) is 5.75 Å². The molecule has 0 saturated carbocycles. The van der Waals surface area contributed by atoms with Crippen molar-refractivity contribution in [2.45, 2.75) is 11.8 Å². The number of halogens is 5. The fourth-order valence-electron chi connectivity index (χ4n) is 1.39. The Hall–Kier alpha value is -2.30. The molecule has 0 aliphatic carbocycles. The van der Waals surface area contributed by atoms with Crippen molar-refractivity contribution >= 4 is 22.2 Å². The maximum Gasteiger partial charge on any atom is 0.344 e. The fraction of sp³-hybridized carbons (Fsp3) is 0.286. The van der Waals surface area contributed by atoms with Gasteiger partial charge in [-0.1, -0.05) is 26.0 Å². The van der Waals surface area contributed by atoms with Gasteiger partial charge in [0.1, 0.15) is 23.9 Å². The van der Waals surface area contributed by atoms with Gasteiger partial charge in [-0.05, 0) is 31.2 Å². The second kappa shape index (κ2) is 6.54. The minimum absolute atomic E-state index is 0.166. The molecule has 0 heterocycles. The first-order valence-corrected chi connectivity index (χ1v) is 8.59. The SMILES string of the molecule is C=C(C)C(=O)OCCOC(=O)COc1ccc(S(F)(F)(F)(F)F)cc1. The van der Waals surface area contributed by atoms with Crippen molar-refractivity contribution in [2.24, 2.45) is 0 Å². The number of carbonyl (C=O) groups is 2. The van der Waals surface area contributed by atoms with Crippen molar-refractivity contribution in [3.05, 3.63) is 36.4 Å². The summed E-state index contributed by atoms with van der Waals surface area (Å²) in [6, 6.07) is 1.66. The van der Waals surface area contributed by atoms with Crippen LogP contribution >= 0.6 is 10.2 Å². The van der Waals surface area contributed by atoms with Crippen LogP contribution in [0, 0.1) is 0 Å². The Morgan fingerprint density at radius 1 is 1.00 bits per heavy atom. The lowest BCUT2D eigenvalue weighted by molar-refractivity contribution is -0.151. The number of carbonyl (C=O) groups excluding carboxylic acids is 2. The summed E-state index contributed by atoms with van der Waals surface area (Å²) < 4.78 is 76.7. The third kappa shape index (κ3) is 7.42. The molecule has 0 N–H and O–H groups in total. The quantitative estimate of drug-likeness (QED) is 0.285. The van der Waals surface area contributed by atoms with Gasteiger partial charge in [0.25, 0.3) is 0 Å². The molecule has 0 bridgehead atoms. The standard InChI is InChI=1S/C14H15F5O5S/c1-10(2)14(21)23-8-7-22-13(20)9-24-11-3-5-12(6-4-11)25(15,16,17,18)19/h3-6H,1,7-9H2,2H3. The maximum absolute atomic E-state index is 12.5. The summed E-state index contributed by atoms with van der Waals surface area (Å²) in [7, 11) is -9.74. The monoisotopic (exact) mass is 390 g/mol. The van der Waals surface area contributed by atoms with Gasteiger partial charge in [-0.15, -0.1) is 0 Å². The second-order valence-electron chi connectivity index (χ2n) is 4.87. The second-order valence-corrected chi connectivity index (χ2v) is 7.28. The molecule has 0 aliphatic rings. The Bertz CT molecular complexity index is 669. The molecular weight excluding hydrogens is 375 g/mol. The van der Waals surface area contributed by atoms with Gasteiger partial charge in [-0.3, -0.25) is 0 Å². The average molecular weight is 390 g/mol. The van der Waals surface area contributed by atoms with Gasteiger partial charge in [-0.2, -0.15) is 0 Å². The Kier molecular flexibility index (Phi) is 5.43. The molecule has 1 aromatic rings. The molecule has 1 aromatic carbocycles. The van der Waals surface area contributed by atoms with Gasteiger partial charge in [-0.25, -0.2) is 9.59 Å². The number of ether oxygens (including phenoxy) is 3. The molecule has 0 spiro atoms. The number of hydrogen-bond acceptors (Lipinski definition) is 5. The number of hydrogen-bond donors (Lipinski definition) is 0. The van der Waals surface area contributed by atoms with E-state index >= 15 is 0 Å².